The van der Waals surface area contributed by atoms with Crippen LogP contribution in [0.1, 0.15) is 29.9 Å². The summed E-state index contributed by atoms with van der Waals surface area (Å²) in [6.07, 6.45) is -3.99. The van der Waals surface area contributed by atoms with Crippen LogP contribution in [0, 0.1) is 0 Å². The Kier molecular flexibility index (Phi) is 4.00. The highest BCUT2D eigenvalue weighted by Crippen LogP contribution is 2.38. The molecule has 1 aliphatic heterocycles. The van der Waals surface area contributed by atoms with Crippen LogP contribution in [0.15, 0.2) is 24.3 Å². The zero-order valence-electron chi connectivity index (χ0n) is 13.4. The number of hydrogen-bond acceptors (Lipinski definition) is 4. The number of rotatable bonds is 1. The topological polar surface area (TPSA) is 46.3 Å². The van der Waals surface area contributed by atoms with E-state index >= 15 is 0 Å². The SMILES string of the molecule is C[C@@H]1c2cc(Cl)cc(Cl)c2CCN1c1ccc2nnc(C(F)(F)F)n2n1. The van der Waals surface area contributed by atoms with Gasteiger partial charge in [0.1, 0.15) is 5.82 Å². The first-order valence-electron chi connectivity index (χ1n) is 7.80. The summed E-state index contributed by atoms with van der Waals surface area (Å²) in [5.74, 6) is -0.748. The molecule has 0 aliphatic carbocycles. The summed E-state index contributed by atoms with van der Waals surface area (Å²) in [7, 11) is 0. The summed E-state index contributed by atoms with van der Waals surface area (Å²) in [5.41, 5.74) is 1.98. The molecule has 0 spiro atoms. The summed E-state index contributed by atoms with van der Waals surface area (Å²) < 4.78 is 40.0. The van der Waals surface area contributed by atoms with Crippen molar-refractivity contribution in [3.05, 3.63) is 51.3 Å². The molecular formula is C16H12Cl2F3N5. The smallest absolute Gasteiger partial charge is 0.348 e. The molecular weight excluding hydrogens is 390 g/mol. The lowest BCUT2D eigenvalue weighted by atomic mass is 9.93. The molecule has 3 heterocycles. The first-order valence-corrected chi connectivity index (χ1v) is 8.55. The zero-order valence-corrected chi connectivity index (χ0v) is 14.9. The molecule has 0 unspecified atom stereocenters. The molecule has 0 amide bonds. The Labute approximate surface area is 156 Å². The van der Waals surface area contributed by atoms with Crippen molar-refractivity contribution in [1.82, 2.24) is 19.8 Å². The van der Waals surface area contributed by atoms with Crippen molar-refractivity contribution < 1.29 is 13.2 Å². The predicted molar refractivity (Wildman–Crippen MR) is 91.7 cm³/mol. The maximum atomic E-state index is 13.1. The Morgan fingerprint density at radius 3 is 2.65 bits per heavy atom. The van der Waals surface area contributed by atoms with E-state index in [2.05, 4.69) is 15.3 Å². The van der Waals surface area contributed by atoms with Crippen LogP contribution in [0.25, 0.3) is 5.65 Å². The molecule has 0 bridgehead atoms. The summed E-state index contributed by atoms with van der Waals surface area (Å²) >= 11 is 12.4. The van der Waals surface area contributed by atoms with E-state index in [1.165, 1.54) is 6.07 Å². The first kappa shape index (κ1) is 17.4. The Morgan fingerprint density at radius 1 is 1.15 bits per heavy atom. The average molecular weight is 402 g/mol. The molecule has 0 fully saturated rings. The van der Waals surface area contributed by atoms with Crippen molar-refractivity contribution in [3.8, 4) is 0 Å². The van der Waals surface area contributed by atoms with Gasteiger partial charge in [0.2, 0.25) is 0 Å². The van der Waals surface area contributed by atoms with E-state index in [0.29, 0.717) is 28.8 Å². The summed E-state index contributed by atoms with van der Waals surface area (Å²) in [6, 6.07) is 6.49. The van der Waals surface area contributed by atoms with Gasteiger partial charge in [0.05, 0.1) is 6.04 Å². The van der Waals surface area contributed by atoms with Crippen LogP contribution < -0.4 is 4.90 Å². The molecule has 5 nitrogen and oxygen atoms in total. The van der Waals surface area contributed by atoms with Gasteiger partial charge < -0.3 is 4.90 Å². The largest absolute Gasteiger partial charge is 0.453 e. The van der Waals surface area contributed by atoms with E-state index in [-0.39, 0.29) is 11.7 Å². The Bertz CT molecular complexity index is 1000. The Balaban J connectivity index is 1.78. The molecule has 1 aliphatic rings. The second-order valence-corrected chi connectivity index (χ2v) is 6.90. The molecule has 2 aromatic heterocycles. The van der Waals surface area contributed by atoms with Gasteiger partial charge in [0.25, 0.3) is 5.82 Å². The van der Waals surface area contributed by atoms with Gasteiger partial charge in [-0.15, -0.1) is 15.3 Å². The van der Waals surface area contributed by atoms with Crippen molar-refractivity contribution >= 4 is 34.7 Å². The summed E-state index contributed by atoms with van der Waals surface area (Å²) in [6.45, 7) is 2.50. The van der Waals surface area contributed by atoms with Gasteiger partial charge in [-0.25, -0.2) is 0 Å². The van der Waals surface area contributed by atoms with Crippen molar-refractivity contribution in [2.45, 2.75) is 25.6 Å². The molecule has 0 saturated heterocycles. The van der Waals surface area contributed by atoms with Crippen LogP contribution in [-0.2, 0) is 12.6 Å². The normalized spacial score (nSPS) is 17.6. The minimum absolute atomic E-state index is 0.0391. The second kappa shape index (κ2) is 5.99. The molecule has 0 radical (unpaired) electrons. The molecule has 1 atom stereocenters. The average Bonchev–Trinajstić information content (AvgIpc) is 2.99. The van der Waals surface area contributed by atoms with Crippen LogP contribution in [0.4, 0.5) is 19.0 Å². The lowest BCUT2D eigenvalue weighted by Gasteiger charge is -2.36. The van der Waals surface area contributed by atoms with Gasteiger partial charge in [-0.05, 0) is 48.7 Å². The van der Waals surface area contributed by atoms with Gasteiger partial charge in [-0.1, -0.05) is 23.2 Å². The van der Waals surface area contributed by atoms with Gasteiger partial charge >= 0.3 is 6.18 Å². The number of nitrogens with zero attached hydrogens (tertiary/aromatic N) is 5. The van der Waals surface area contributed by atoms with Crippen molar-refractivity contribution in [2.75, 3.05) is 11.4 Å². The third-order valence-corrected chi connectivity index (χ3v) is 5.07. The minimum Gasteiger partial charge on any atom is -0.348 e. The maximum Gasteiger partial charge on any atom is 0.453 e. The lowest BCUT2D eigenvalue weighted by Crippen LogP contribution is -2.35. The highest BCUT2D eigenvalue weighted by Gasteiger charge is 2.38. The van der Waals surface area contributed by atoms with E-state index in [1.54, 1.807) is 12.1 Å². The van der Waals surface area contributed by atoms with Crippen molar-refractivity contribution in [2.24, 2.45) is 0 Å². The van der Waals surface area contributed by atoms with Crippen molar-refractivity contribution in [3.63, 3.8) is 0 Å². The fraction of sp³-hybridized carbons (Fsp3) is 0.312. The highest BCUT2D eigenvalue weighted by atomic mass is 35.5. The molecule has 26 heavy (non-hydrogen) atoms. The van der Waals surface area contributed by atoms with E-state index in [4.69, 9.17) is 23.2 Å². The van der Waals surface area contributed by atoms with Crippen LogP contribution in [0.2, 0.25) is 10.0 Å². The third kappa shape index (κ3) is 2.77. The molecule has 0 N–H and O–H groups in total. The van der Waals surface area contributed by atoms with Crippen LogP contribution in [0.3, 0.4) is 0 Å². The van der Waals surface area contributed by atoms with Gasteiger partial charge in [-0.3, -0.25) is 0 Å². The van der Waals surface area contributed by atoms with Crippen LogP contribution in [0.5, 0.6) is 0 Å². The maximum absolute atomic E-state index is 13.1. The van der Waals surface area contributed by atoms with E-state index in [0.717, 1.165) is 15.6 Å². The standard InChI is InChI=1S/C16H12Cl2F3N5/c1-8-11-6-9(17)7-12(18)10(11)4-5-25(8)14-3-2-13-22-23-15(16(19,20)21)26(13)24-14/h2-3,6-8H,4-5H2,1H3/t8-/m1/s1. The van der Waals surface area contributed by atoms with E-state index < -0.39 is 12.0 Å². The third-order valence-electron chi connectivity index (χ3n) is 4.51. The van der Waals surface area contributed by atoms with Crippen LogP contribution >= 0.6 is 23.2 Å². The molecule has 136 valence electrons. The quantitative estimate of drug-likeness (QED) is 0.598. The molecule has 4 rings (SSSR count). The Hall–Kier alpha value is -2.06. The number of fused-ring (bicyclic) bond motifs is 2. The lowest BCUT2D eigenvalue weighted by molar-refractivity contribution is -0.146. The van der Waals surface area contributed by atoms with Gasteiger partial charge in [0, 0.05) is 16.6 Å². The molecule has 3 aromatic rings. The second-order valence-electron chi connectivity index (χ2n) is 6.06. The molecule has 10 heteroatoms. The molecule has 1 aromatic carbocycles. The van der Waals surface area contributed by atoms with Crippen molar-refractivity contribution in [1.29, 1.82) is 0 Å². The number of anilines is 1. The highest BCUT2D eigenvalue weighted by molar-refractivity contribution is 6.35. The summed E-state index contributed by atoms with van der Waals surface area (Å²) in [4.78, 5) is 1.91. The van der Waals surface area contributed by atoms with E-state index in [1.807, 2.05) is 17.9 Å². The molecule has 0 saturated carbocycles. The number of aromatic nitrogens is 4. The summed E-state index contributed by atoms with van der Waals surface area (Å²) in [5, 5.41) is 12.0. The van der Waals surface area contributed by atoms with Gasteiger partial charge in [-0.2, -0.15) is 17.7 Å². The Morgan fingerprint density at radius 2 is 1.92 bits per heavy atom. The van der Waals surface area contributed by atoms with E-state index in [9.17, 15) is 13.2 Å². The fourth-order valence-corrected chi connectivity index (χ4v) is 3.88. The minimum atomic E-state index is -4.63. The van der Waals surface area contributed by atoms with Gasteiger partial charge in [0.15, 0.2) is 5.65 Å². The monoisotopic (exact) mass is 401 g/mol. The van der Waals surface area contributed by atoms with Crippen LogP contribution in [-0.4, -0.2) is 26.4 Å². The first-order chi connectivity index (χ1) is 12.3. The fourth-order valence-electron chi connectivity index (χ4n) is 3.28. The number of benzene rings is 1. The predicted octanol–water partition coefficient (Wildman–Crippen LogP) is 4.57. The number of alkyl halides is 3. The zero-order chi connectivity index (χ0) is 18.6. The number of halogens is 5. The number of hydrogen-bond donors (Lipinski definition) is 0.